The monoisotopic (exact) mass is 588 g/mol. The van der Waals surface area contributed by atoms with E-state index in [0.717, 1.165) is 24.2 Å². The summed E-state index contributed by atoms with van der Waals surface area (Å²) in [6, 6.07) is 44.2. The zero-order valence-corrected chi connectivity index (χ0v) is 25.5. The predicted octanol–water partition coefficient (Wildman–Crippen LogP) is 11.8. The second-order valence-corrected chi connectivity index (χ2v) is 12.1. The maximum absolute atomic E-state index is 2.43. The fraction of sp³-hybridized carbons (Fsp3) is 0.0455. The molecule has 7 aromatic rings. The standard InChI is InChI=1S/C44H32N2/c1-5-14-31(15-6-1)33-24-26-43-39(28-33)37-20-9-3-11-22-41(37)45(43)35-18-13-19-36(30-35)46-42-23-12-4-10-21-38(42)40-29-34(25-27-44(40)46)32-16-7-2-8-17-32/h1-2,5-30H,3-4H2. The zero-order chi connectivity index (χ0) is 30.5. The average Bonchev–Trinajstić information content (AvgIpc) is 3.31. The van der Waals surface area contributed by atoms with Crippen LogP contribution in [0.1, 0.15) is 35.4 Å². The van der Waals surface area contributed by atoms with Gasteiger partial charge in [0.25, 0.3) is 0 Å². The van der Waals surface area contributed by atoms with Crippen molar-refractivity contribution in [1.82, 2.24) is 9.13 Å². The van der Waals surface area contributed by atoms with Crippen molar-refractivity contribution in [2.45, 2.75) is 12.8 Å². The summed E-state index contributed by atoms with van der Waals surface area (Å²) in [7, 11) is 0. The van der Waals surface area contributed by atoms with E-state index in [9.17, 15) is 0 Å². The quantitative estimate of drug-likeness (QED) is 0.194. The van der Waals surface area contributed by atoms with E-state index in [1.807, 2.05) is 0 Å². The second-order valence-electron chi connectivity index (χ2n) is 12.1. The summed E-state index contributed by atoms with van der Waals surface area (Å²) < 4.78 is 4.87. The number of hydrogen-bond donors (Lipinski definition) is 0. The first-order valence-corrected chi connectivity index (χ1v) is 16.1. The van der Waals surface area contributed by atoms with Crippen LogP contribution in [-0.2, 0) is 0 Å². The number of allylic oxidation sites excluding steroid dienone is 4. The van der Waals surface area contributed by atoms with Crippen molar-refractivity contribution in [3.63, 3.8) is 0 Å². The van der Waals surface area contributed by atoms with E-state index in [1.165, 1.54) is 66.6 Å². The first-order valence-electron chi connectivity index (χ1n) is 16.1. The van der Waals surface area contributed by atoms with Crippen molar-refractivity contribution in [1.29, 1.82) is 0 Å². The molecule has 0 radical (unpaired) electrons. The van der Waals surface area contributed by atoms with Crippen LogP contribution in [0.3, 0.4) is 0 Å². The Hall–Kier alpha value is -5.86. The third-order valence-corrected chi connectivity index (χ3v) is 9.31. The molecule has 2 aliphatic carbocycles. The highest BCUT2D eigenvalue weighted by atomic mass is 15.0. The number of aromatic nitrogens is 2. The molecule has 0 atom stereocenters. The molecule has 0 amide bonds. The van der Waals surface area contributed by atoms with Gasteiger partial charge in [-0.25, -0.2) is 0 Å². The lowest BCUT2D eigenvalue weighted by Gasteiger charge is -2.14. The Balaban J connectivity index is 1.25. The van der Waals surface area contributed by atoms with Crippen molar-refractivity contribution in [2.24, 2.45) is 0 Å². The molecule has 0 unspecified atom stereocenters. The minimum Gasteiger partial charge on any atom is -0.309 e. The molecule has 46 heavy (non-hydrogen) atoms. The molecule has 2 aromatic heterocycles. The number of benzene rings is 5. The summed E-state index contributed by atoms with van der Waals surface area (Å²) in [4.78, 5) is 0. The Kier molecular flexibility index (Phi) is 6.31. The van der Waals surface area contributed by atoms with Crippen LogP contribution >= 0.6 is 0 Å². The van der Waals surface area contributed by atoms with Crippen LogP contribution in [0.4, 0.5) is 0 Å². The highest BCUT2D eigenvalue weighted by molar-refractivity contribution is 6.00. The Morgan fingerprint density at radius 3 is 1.30 bits per heavy atom. The molecule has 0 fully saturated rings. The summed E-state index contributed by atoms with van der Waals surface area (Å²) in [5, 5.41) is 2.54. The summed E-state index contributed by atoms with van der Waals surface area (Å²) in [6.07, 6.45) is 20.1. The van der Waals surface area contributed by atoms with Crippen LogP contribution in [0.15, 0.2) is 146 Å². The normalized spacial score (nSPS) is 13.6. The second kappa shape index (κ2) is 10.9. The highest BCUT2D eigenvalue weighted by Gasteiger charge is 2.20. The van der Waals surface area contributed by atoms with Gasteiger partial charge in [0.05, 0.1) is 22.4 Å². The Morgan fingerprint density at radius 2 is 0.826 bits per heavy atom. The molecule has 2 aliphatic rings. The SMILES string of the molecule is C1=Cc2c(n(-c3cccc(-n4c5c(c6cc(-c7ccccc7)ccc64)C=CCC=C5)c3)c3ccc(-c4ccccc4)cc23)C=CC1. The lowest BCUT2D eigenvalue weighted by atomic mass is 10.0. The fourth-order valence-corrected chi connectivity index (χ4v) is 7.18. The fourth-order valence-electron chi connectivity index (χ4n) is 7.18. The van der Waals surface area contributed by atoms with Gasteiger partial charge in [0.15, 0.2) is 0 Å². The molecule has 0 aliphatic heterocycles. The van der Waals surface area contributed by atoms with E-state index in [1.54, 1.807) is 0 Å². The van der Waals surface area contributed by atoms with Crippen molar-refractivity contribution in [3.05, 3.63) is 168 Å². The Labute approximate surface area is 269 Å². The smallest absolute Gasteiger partial charge is 0.0541 e. The molecule has 2 heteroatoms. The van der Waals surface area contributed by atoms with Crippen molar-refractivity contribution in [3.8, 4) is 33.6 Å². The van der Waals surface area contributed by atoms with Gasteiger partial charge in [-0.3, -0.25) is 0 Å². The summed E-state index contributed by atoms with van der Waals surface area (Å²) in [6.45, 7) is 0. The van der Waals surface area contributed by atoms with E-state index in [-0.39, 0.29) is 0 Å². The third-order valence-electron chi connectivity index (χ3n) is 9.31. The molecular weight excluding hydrogens is 556 g/mol. The van der Waals surface area contributed by atoms with Crippen LogP contribution in [0.5, 0.6) is 0 Å². The minimum absolute atomic E-state index is 0.931. The van der Waals surface area contributed by atoms with Gasteiger partial charge in [0, 0.05) is 33.3 Å². The Morgan fingerprint density at radius 1 is 0.370 bits per heavy atom. The van der Waals surface area contributed by atoms with Crippen molar-refractivity contribution in [2.75, 3.05) is 0 Å². The third kappa shape index (κ3) is 4.34. The van der Waals surface area contributed by atoms with Gasteiger partial charge in [-0.05, 0) is 89.7 Å². The van der Waals surface area contributed by atoms with E-state index in [4.69, 9.17) is 0 Å². The molecule has 0 saturated carbocycles. The molecule has 2 nitrogen and oxygen atoms in total. The molecular formula is C44H32N2. The molecule has 218 valence electrons. The Bertz CT molecular complexity index is 2230. The molecule has 5 aromatic carbocycles. The summed E-state index contributed by atoms with van der Waals surface area (Å²) in [5.74, 6) is 0. The molecule has 0 N–H and O–H groups in total. The van der Waals surface area contributed by atoms with Gasteiger partial charge in [-0.15, -0.1) is 0 Å². The van der Waals surface area contributed by atoms with Crippen LogP contribution in [0.2, 0.25) is 0 Å². The van der Waals surface area contributed by atoms with E-state index in [0.29, 0.717) is 0 Å². The lowest BCUT2D eigenvalue weighted by molar-refractivity contribution is 1.07. The molecule has 9 rings (SSSR count). The van der Waals surface area contributed by atoms with Gasteiger partial charge in [0.2, 0.25) is 0 Å². The molecule has 0 bridgehead atoms. The number of fused-ring (bicyclic) bond motifs is 6. The first kappa shape index (κ1) is 26.5. The summed E-state index contributed by atoms with van der Waals surface area (Å²) >= 11 is 0. The lowest BCUT2D eigenvalue weighted by Crippen LogP contribution is -2.01. The van der Waals surface area contributed by atoms with Gasteiger partial charge in [0.1, 0.15) is 0 Å². The maximum Gasteiger partial charge on any atom is 0.0541 e. The van der Waals surface area contributed by atoms with E-state index in [2.05, 4.69) is 179 Å². The van der Waals surface area contributed by atoms with Crippen molar-refractivity contribution < 1.29 is 0 Å². The molecule has 0 saturated heterocycles. The van der Waals surface area contributed by atoms with Crippen LogP contribution in [0.25, 0.3) is 79.7 Å². The van der Waals surface area contributed by atoms with Gasteiger partial charge >= 0.3 is 0 Å². The van der Waals surface area contributed by atoms with Crippen LogP contribution in [0, 0.1) is 0 Å². The first-order chi connectivity index (χ1) is 22.8. The van der Waals surface area contributed by atoms with Crippen molar-refractivity contribution >= 4 is 46.1 Å². The zero-order valence-electron chi connectivity index (χ0n) is 25.5. The average molecular weight is 589 g/mol. The molecule has 2 heterocycles. The molecule has 0 spiro atoms. The number of hydrogen-bond acceptors (Lipinski definition) is 0. The number of rotatable bonds is 4. The topological polar surface area (TPSA) is 9.86 Å². The maximum atomic E-state index is 2.43. The van der Waals surface area contributed by atoms with E-state index < -0.39 is 0 Å². The number of nitrogens with zero attached hydrogens (tertiary/aromatic N) is 2. The predicted molar refractivity (Wildman–Crippen MR) is 196 cm³/mol. The highest BCUT2D eigenvalue weighted by Crippen LogP contribution is 2.39. The largest absolute Gasteiger partial charge is 0.309 e. The van der Waals surface area contributed by atoms with E-state index >= 15 is 0 Å². The summed E-state index contributed by atoms with van der Waals surface area (Å²) in [5.41, 5.74) is 14.7. The van der Waals surface area contributed by atoms with Gasteiger partial charge in [-0.1, -0.05) is 115 Å². The van der Waals surface area contributed by atoms with Crippen LogP contribution < -0.4 is 0 Å². The van der Waals surface area contributed by atoms with Gasteiger partial charge in [-0.2, -0.15) is 0 Å². The van der Waals surface area contributed by atoms with Crippen LogP contribution in [-0.4, -0.2) is 9.13 Å². The minimum atomic E-state index is 0.931. The van der Waals surface area contributed by atoms with Gasteiger partial charge < -0.3 is 9.13 Å².